The van der Waals surface area contributed by atoms with E-state index in [9.17, 15) is 10.2 Å². The smallest absolute Gasteiger partial charge is 0.223 e. The van der Waals surface area contributed by atoms with Crippen molar-refractivity contribution in [3.63, 3.8) is 0 Å². The van der Waals surface area contributed by atoms with Crippen molar-refractivity contribution in [3.8, 4) is 11.3 Å². The fourth-order valence-corrected chi connectivity index (χ4v) is 6.72. The molecule has 3 aliphatic carbocycles. The molecule has 4 fully saturated rings. The summed E-state index contributed by atoms with van der Waals surface area (Å²) in [7, 11) is 0. The fourth-order valence-electron chi connectivity index (χ4n) is 6.52. The number of imidazole rings is 1. The molecule has 0 amide bonds. The number of fused-ring (bicyclic) bond motifs is 1. The first-order valence-corrected chi connectivity index (χ1v) is 13.5. The van der Waals surface area contributed by atoms with Crippen LogP contribution in [-0.4, -0.2) is 60.7 Å². The van der Waals surface area contributed by atoms with Crippen molar-refractivity contribution in [1.29, 1.82) is 0 Å². The highest BCUT2D eigenvalue weighted by atomic mass is 35.5. The number of anilines is 1. The maximum Gasteiger partial charge on any atom is 0.223 e. The van der Waals surface area contributed by atoms with E-state index in [1.54, 1.807) is 0 Å². The van der Waals surface area contributed by atoms with Crippen LogP contribution in [0, 0.1) is 11.7 Å². The summed E-state index contributed by atoms with van der Waals surface area (Å²) in [5.41, 5.74) is 1.19. The van der Waals surface area contributed by atoms with Crippen LogP contribution in [-0.2, 0) is 10.2 Å². The van der Waals surface area contributed by atoms with Crippen LogP contribution in [0.15, 0.2) is 18.3 Å². The summed E-state index contributed by atoms with van der Waals surface area (Å²) < 4.78 is 23.2. The van der Waals surface area contributed by atoms with E-state index in [0.717, 1.165) is 12.2 Å². The molecule has 1 aromatic carbocycles. The topological polar surface area (TPSA) is 105 Å². The Bertz CT molecular complexity index is 1340. The lowest BCUT2D eigenvalue weighted by molar-refractivity contribution is -0.217. The highest BCUT2D eigenvalue weighted by Crippen LogP contribution is 2.67. The summed E-state index contributed by atoms with van der Waals surface area (Å²) >= 11 is 6.52. The van der Waals surface area contributed by atoms with Gasteiger partial charge in [-0.05, 0) is 58.1 Å². The van der Waals surface area contributed by atoms with Crippen molar-refractivity contribution < 1.29 is 19.3 Å². The first-order chi connectivity index (χ1) is 17.6. The van der Waals surface area contributed by atoms with Gasteiger partial charge in [-0.2, -0.15) is 0 Å². The van der Waals surface area contributed by atoms with Crippen LogP contribution in [0.3, 0.4) is 0 Å². The summed E-state index contributed by atoms with van der Waals surface area (Å²) in [4.78, 5) is 13.7. The molecule has 1 aliphatic heterocycles. The lowest BCUT2D eigenvalue weighted by Gasteiger charge is -2.67. The molecule has 3 atom stereocenters. The van der Waals surface area contributed by atoms with Gasteiger partial charge in [-0.25, -0.2) is 19.3 Å². The molecule has 3 aromatic rings. The second-order valence-electron chi connectivity index (χ2n) is 11.4. The predicted molar refractivity (Wildman–Crippen MR) is 139 cm³/mol. The maximum absolute atomic E-state index is 15.5. The van der Waals surface area contributed by atoms with E-state index >= 15 is 4.39 Å². The number of aromatic nitrogens is 4. The number of ether oxygens (including phenoxy) is 1. The number of benzene rings is 1. The molecule has 2 aromatic heterocycles. The van der Waals surface area contributed by atoms with Crippen molar-refractivity contribution in [2.45, 2.75) is 82.1 Å². The number of rotatable bonds is 6. The van der Waals surface area contributed by atoms with Crippen LogP contribution in [0.4, 0.5) is 10.3 Å². The molecule has 3 N–H and O–H groups in total. The fraction of sp³-hybridized carbons (Fsp3) is 0.593. The number of halogens is 2. The van der Waals surface area contributed by atoms with Crippen molar-refractivity contribution in [3.05, 3.63) is 35.0 Å². The third-order valence-electron chi connectivity index (χ3n) is 8.40. The quantitative estimate of drug-likeness (QED) is 0.428. The molecule has 0 spiro atoms. The Hall–Kier alpha value is -2.33. The van der Waals surface area contributed by atoms with Gasteiger partial charge >= 0.3 is 0 Å². The Labute approximate surface area is 220 Å². The molecule has 3 saturated carbocycles. The van der Waals surface area contributed by atoms with Gasteiger partial charge in [-0.15, -0.1) is 0 Å². The van der Waals surface area contributed by atoms with Crippen LogP contribution in [0.2, 0.25) is 5.02 Å². The molecule has 10 heteroatoms. The SMILES string of the molecule is CC[C@@H]1COCC[C@H](Nc2ncc(Cl)c(-c3cc(F)c4nc(C56CC(O)(C5)C6)n(C(C)C)c4c3)n2)[C@H]1O. The first kappa shape index (κ1) is 25.0. The van der Waals surface area contributed by atoms with Crippen LogP contribution >= 0.6 is 11.6 Å². The van der Waals surface area contributed by atoms with Crippen molar-refractivity contribution >= 4 is 28.6 Å². The average Bonchev–Trinajstić information content (AvgIpc) is 3.12. The van der Waals surface area contributed by atoms with Crippen molar-refractivity contribution in [2.75, 3.05) is 18.5 Å². The highest BCUT2D eigenvalue weighted by Gasteiger charge is 2.70. The Kier molecular flexibility index (Phi) is 5.98. The van der Waals surface area contributed by atoms with Gasteiger partial charge in [-0.3, -0.25) is 0 Å². The van der Waals surface area contributed by atoms with E-state index in [1.807, 2.05) is 13.0 Å². The van der Waals surface area contributed by atoms with E-state index < -0.39 is 17.5 Å². The molecule has 0 radical (unpaired) electrons. The summed E-state index contributed by atoms with van der Waals surface area (Å²) in [6, 6.07) is 3.09. The second kappa shape index (κ2) is 8.86. The van der Waals surface area contributed by atoms with Crippen LogP contribution in [0.1, 0.15) is 64.7 Å². The summed E-state index contributed by atoms with van der Waals surface area (Å²) in [5, 5.41) is 24.7. The van der Waals surface area contributed by atoms with Crippen LogP contribution in [0.5, 0.6) is 0 Å². The number of hydrogen-bond acceptors (Lipinski definition) is 7. The zero-order valence-corrected chi connectivity index (χ0v) is 22.1. The normalized spacial score (nSPS) is 31.2. The second-order valence-corrected chi connectivity index (χ2v) is 11.8. The third kappa shape index (κ3) is 4.02. The average molecular weight is 530 g/mol. The zero-order valence-electron chi connectivity index (χ0n) is 21.3. The summed E-state index contributed by atoms with van der Waals surface area (Å²) in [6.45, 7) is 7.20. The van der Waals surface area contributed by atoms with Gasteiger partial charge in [0.15, 0.2) is 5.82 Å². The van der Waals surface area contributed by atoms with E-state index in [4.69, 9.17) is 21.3 Å². The minimum Gasteiger partial charge on any atom is -0.391 e. The predicted octanol–water partition coefficient (Wildman–Crippen LogP) is 4.62. The number of hydrogen-bond donors (Lipinski definition) is 3. The number of nitrogens with one attached hydrogen (secondary N) is 1. The van der Waals surface area contributed by atoms with Crippen LogP contribution in [0.25, 0.3) is 22.3 Å². The summed E-state index contributed by atoms with van der Waals surface area (Å²) in [5.74, 6) is 0.747. The number of aliphatic hydroxyl groups is 2. The molecular weight excluding hydrogens is 497 g/mol. The Balaban J connectivity index is 1.37. The lowest BCUT2D eigenvalue weighted by Crippen LogP contribution is -2.70. The van der Waals surface area contributed by atoms with Gasteiger partial charge in [0, 0.05) is 29.5 Å². The Morgan fingerprint density at radius 2 is 2.03 bits per heavy atom. The van der Waals surface area contributed by atoms with Gasteiger partial charge in [0.2, 0.25) is 5.95 Å². The molecular formula is C27H33ClFN5O3. The van der Waals surface area contributed by atoms with Gasteiger partial charge in [0.25, 0.3) is 0 Å². The number of nitrogens with zero attached hydrogens (tertiary/aromatic N) is 4. The minimum absolute atomic E-state index is 0.0237. The monoisotopic (exact) mass is 529 g/mol. The minimum atomic E-state index is -0.599. The molecule has 198 valence electrons. The van der Waals surface area contributed by atoms with Crippen molar-refractivity contribution in [2.24, 2.45) is 5.92 Å². The van der Waals surface area contributed by atoms with Gasteiger partial charge in [0.1, 0.15) is 11.3 Å². The standard InChI is InChI=1S/C27H33ClFN5O3/c1-4-15-10-37-6-5-19(23(15)35)31-25-30-9-17(28)21(33-25)16-7-18(29)22-20(8-16)34(14(2)3)24(32-22)26-11-27(36,12-26)13-26/h7-9,14-15,19,23,35-36H,4-6,10-13H2,1-3H3,(H,30,31,33)/t15-,19+,23+,26?,27?/m1/s1. The zero-order chi connectivity index (χ0) is 26.1. The molecule has 2 bridgehead atoms. The lowest BCUT2D eigenvalue weighted by atomic mass is 9.41. The van der Waals surface area contributed by atoms with Crippen LogP contribution < -0.4 is 5.32 Å². The van der Waals surface area contributed by atoms with Gasteiger partial charge < -0.3 is 24.8 Å². The van der Waals surface area contributed by atoms with E-state index in [1.165, 1.54) is 12.3 Å². The molecule has 7 rings (SSSR count). The first-order valence-electron chi connectivity index (χ1n) is 13.1. The molecule has 1 saturated heterocycles. The third-order valence-corrected chi connectivity index (χ3v) is 8.68. The van der Waals surface area contributed by atoms with E-state index in [0.29, 0.717) is 72.2 Å². The Morgan fingerprint density at radius 1 is 1.27 bits per heavy atom. The molecule has 0 unspecified atom stereocenters. The maximum atomic E-state index is 15.5. The van der Waals surface area contributed by atoms with E-state index in [2.05, 4.69) is 33.7 Å². The van der Waals surface area contributed by atoms with E-state index in [-0.39, 0.29) is 23.4 Å². The molecule has 37 heavy (non-hydrogen) atoms. The molecule has 4 aliphatic rings. The summed E-state index contributed by atoms with van der Waals surface area (Å²) in [6.07, 6.45) is 4.35. The number of aliphatic hydroxyl groups excluding tert-OH is 1. The highest BCUT2D eigenvalue weighted by molar-refractivity contribution is 6.33. The molecule has 3 heterocycles. The largest absolute Gasteiger partial charge is 0.391 e. The van der Waals surface area contributed by atoms with Crippen molar-refractivity contribution in [1.82, 2.24) is 19.5 Å². The van der Waals surface area contributed by atoms with Gasteiger partial charge in [0.05, 0.1) is 46.8 Å². The van der Waals surface area contributed by atoms with Gasteiger partial charge in [-0.1, -0.05) is 18.5 Å². The Morgan fingerprint density at radius 3 is 2.70 bits per heavy atom. The molecule has 8 nitrogen and oxygen atoms in total.